The lowest BCUT2D eigenvalue weighted by molar-refractivity contribution is -0.121. The van der Waals surface area contributed by atoms with Gasteiger partial charge in [0.1, 0.15) is 5.75 Å². The number of carbonyl (C=O) groups excluding carboxylic acids is 1. The van der Waals surface area contributed by atoms with E-state index in [1.807, 2.05) is 26.0 Å². The highest BCUT2D eigenvalue weighted by Crippen LogP contribution is 2.24. The summed E-state index contributed by atoms with van der Waals surface area (Å²) >= 11 is 0. The Bertz CT molecular complexity index is 722. The lowest BCUT2D eigenvalue weighted by atomic mass is 10.00. The molecular weight excluding hydrogens is 298 g/mol. The minimum absolute atomic E-state index is 0.0206. The molecule has 0 saturated carbocycles. The van der Waals surface area contributed by atoms with Crippen LogP contribution >= 0.6 is 0 Å². The average Bonchev–Trinajstić information content (AvgIpc) is 2.56. The quantitative estimate of drug-likeness (QED) is 0.853. The Morgan fingerprint density at radius 1 is 1.08 bits per heavy atom. The zero-order valence-electron chi connectivity index (χ0n) is 15.3. The van der Waals surface area contributed by atoms with Crippen LogP contribution in [0.3, 0.4) is 0 Å². The van der Waals surface area contributed by atoms with Gasteiger partial charge in [0.05, 0.1) is 19.6 Å². The molecule has 0 heterocycles. The smallest absolute Gasteiger partial charge is 0.224 e. The van der Waals surface area contributed by atoms with Gasteiger partial charge in [-0.05, 0) is 55.5 Å². The second kappa shape index (κ2) is 8.00. The van der Waals surface area contributed by atoms with E-state index in [2.05, 4.69) is 43.4 Å². The first-order chi connectivity index (χ1) is 11.4. The predicted octanol–water partition coefficient (Wildman–Crippen LogP) is 4.43. The second-order valence-corrected chi connectivity index (χ2v) is 6.36. The normalized spacial score (nSPS) is 11.9. The number of aryl methyl sites for hydroxylation is 3. The van der Waals surface area contributed by atoms with Crippen LogP contribution in [0.4, 0.5) is 0 Å². The number of rotatable bonds is 6. The summed E-state index contributed by atoms with van der Waals surface area (Å²) in [5.74, 6) is 0.930. The van der Waals surface area contributed by atoms with Crippen LogP contribution < -0.4 is 10.1 Å². The molecule has 2 aromatic carbocycles. The van der Waals surface area contributed by atoms with Crippen molar-refractivity contribution >= 4 is 5.91 Å². The molecule has 0 radical (unpaired) electrons. The van der Waals surface area contributed by atoms with Crippen LogP contribution in [0.1, 0.15) is 47.2 Å². The topological polar surface area (TPSA) is 38.3 Å². The molecule has 0 aliphatic carbocycles. The Morgan fingerprint density at radius 2 is 1.83 bits per heavy atom. The number of benzene rings is 2. The Kier molecular flexibility index (Phi) is 6.02. The summed E-state index contributed by atoms with van der Waals surface area (Å²) in [6.07, 6.45) is 1.27. The number of methoxy groups -OCH3 is 1. The number of hydrogen-bond donors (Lipinski definition) is 1. The number of nitrogens with one attached hydrogen (secondary N) is 1. The highest BCUT2D eigenvalue weighted by molar-refractivity contribution is 5.79. The van der Waals surface area contributed by atoms with E-state index in [0.29, 0.717) is 6.42 Å². The van der Waals surface area contributed by atoms with Gasteiger partial charge in [-0.1, -0.05) is 42.8 Å². The summed E-state index contributed by atoms with van der Waals surface area (Å²) in [6, 6.07) is 12.3. The van der Waals surface area contributed by atoms with E-state index in [-0.39, 0.29) is 11.9 Å². The van der Waals surface area contributed by atoms with Crippen molar-refractivity contribution in [1.82, 2.24) is 5.32 Å². The molecule has 3 heteroatoms. The number of ether oxygens (including phenoxy) is 1. The first-order valence-electron chi connectivity index (χ1n) is 8.44. The third kappa shape index (κ3) is 4.38. The van der Waals surface area contributed by atoms with E-state index in [4.69, 9.17) is 4.74 Å². The van der Waals surface area contributed by atoms with E-state index < -0.39 is 0 Å². The highest BCUT2D eigenvalue weighted by atomic mass is 16.5. The van der Waals surface area contributed by atoms with Crippen molar-refractivity contribution in [3.8, 4) is 5.75 Å². The first kappa shape index (κ1) is 18.1. The van der Waals surface area contributed by atoms with Gasteiger partial charge in [-0.25, -0.2) is 0 Å². The van der Waals surface area contributed by atoms with Crippen LogP contribution in [0.25, 0.3) is 0 Å². The lowest BCUT2D eigenvalue weighted by Crippen LogP contribution is -2.29. The van der Waals surface area contributed by atoms with Gasteiger partial charge in [-0.2, -0.15) is 0 Å². The molecule has 0 saturated heterocycles. The fourth-order valence-corrected chi connectivity index (χ4v) is 2.95. The van der Waals surface area contributed by atoms with Crippen LogP contribution in [-0.2, 0) is 11.2 Å². The lowest BCUT2D eigenvalue weighted by Gasteiger charge is -2.19. The van der Waals surface area contributed by atoms with E-state index in [1.165, 1.54) is 5.56 Å². The van der Waals surface area contributed by atoms with Crippen molar-refractivity contribution in [3.05, 3.63) is 64.2 Å². The molecule has 2 aromatic rings. The molecule has 0 bridgehead atoms. The molecular formula is C21H27NO2. The van der Waals surface area contributed by atoms with E-state index in [0.717, 1.165) is 34.4 Å². The van der Waals surface area contributed by atoms with Gasteiger partial charge < -0.3 is 10.1 Å². The molecule has 0 aliphatic heterocycles. The van der Waals surface area contributed by atoms with Crippen molar-refractivity contribution in [1.29, 1.82) is 0 Å². The molecule has 2 rings (SSSR count). The van der Waals surface area contributed by atoms with Gasteiger partial charge in [0.25, 0.3) is 0 Å². The summed E-state index contributed by atoms with van der Waals surface area (Å²) < 4.78 is 5.31. The molecule has 1 amide bonds. The molecule has 0 fully saturated rings. The molecule has 3 nitrogen and oxygen atoms in total. The maximum absolute atomic E-state index is 12.5. The Labute approximate surface area is 145 Å². The van der Waals surface area contributed by atoms with E-state index >= 15 is 0 Å². The maximum Gasteiger partial charge on any atom is 0.224 e. The summed E-state index contributed by atoms with van der Waals surface area (Å²) in [6.45, 7) is 8.21. The zero-order chi connectivity index (χ0) is 17.7. The Balaban J connectivity index is 2.10. The van der Waals surface area contributed by atoms with Crippen molar-refractivity contribution in [2.45, 2.75) is 46.6 Å². The molecule has 128 valence electrons. The van der Waals surface area contributed by atoms with Crippen LogP contribution in [-0.4, -0.2) is 13.0 Å². The SMILES string of the molecule is CC[C@@H](NC(=O)Cc1cc(C)ccc1C)c1ccc(OC)c(C)c1. The average molecular weight is 325 g/mol. The number of amides is 1. The molecule has 1 N–H and O–H groups in total. The van der Waals surface area contributed by atoms with Crippen LogP contribution in [0.15, 0.2) is 36.4 Å². The third-order valence-electron chi connectivity index (χ3n) is 4.42. The Hall–Kier alpha value is -2.29. The van der Waals surface area contributed by atoms with Gasteiger partial charge in [-0.15, -0.1) is 0 Å². The fourth-order valence-electron chi connectivity index (χ4n) is 2.95. The second-order valence-electron chi connectivity index (χ2n) is 6.36. The number of carbonyl (C=O) groups is 1. The highest BCUT2D eigenvalue weighted by Gasteiger charge is 2.15. The summed E-state index contributed by atoms with van der Waals surface area (Å²) in [7, 11) is 1.67. The van der Waals surface area contributed by atoms with Crippen molar-refractivity contribution in [2.24, 2.45) is 0 Å². The van der Waals surface area contributed by atoms with Gasteiger partial charge in [0, 0.05) is 0 Å². The first-order valence-corrected chi connectivity index (χ1v) is 8.44. The summed E-state index contributed by atoms with van der Waals surface area (Å²) in [5.41, 5.74) is 5.63. The van der Waals surface area contributed by atoms with Crippen molar-refractivity contribution in [2.75, 3.05) is 7.11 Å². The molecule has 0 spiro atoms. The van der Waals surface area contributed by atoms with E-state index in [9.17, 15) is 4.79 Å². The Morgan fingerprint density at radius 3 is 2.46 bits per heavy atom. The van der Waals surface area contributed by atoms with Gasteiger partial charge in [-0.3, -0.25) is 4.79 Å². The van der Waals surface area contributed by atoms with Gasteiger partial charge in [0.2, 0.25) is 5.91 Å². The standard InChI is InChI=1S/C21H27NO2/c1-6-19(17-9-10-20(24-5)16(4)12-17)22-21(23)13-18-11-14(2)7-8-15(18)3/h7-12,19H,6,13H2,1-5H3,(H,22,23)/t19-/m1/s1. The van der Waals surface area contributed by atoms with Gasteiger partial charge in [0.15, 0.2) is 0 Å². The molecule has 0 unspecified atom stereocenters. The van der Waals surface area contributed by atoms with Crippen molar-refractivity contribution in [3.63, 3.8) is 0 Å². The van der Waals surface area contributed by atoms with Crippen LogP contribution in [0.2, 0.25) is 0 Å². The summed E-state index contributed by atoms with van der Waals surface area (Å²) in [5, 5.41) is 3.16. The van der Waals surface area contributed by atoms with Crippen LogP contribution in [0.5, 0.6) is 5.75 Å². The largest absolute Gasteiger partial charge is 0.496 e. The van der Waals surface area contributed by atoms with Crippen LogP contribution in [0, 0.1) is 20.8 Å². The fraction of sp³-hybridized carbons (Fsp3) is 0.381. The molecule has 24 heavy (non-hydrogen) atoms. The zero-order valence-corrected chi connectivity index (χ0v) is 15.3. The molecule has 0 aromatic heterocycles. The van der Waals surface area contributed by atoms with Crippen molar-refractivity contribution < 1.29 is 9.53 Å². The maximum atomic E-state index is 12.5. The van der Waals surface area contributed by atoms with E-state index in [1.54, 1.807) is 7.11 Å². The molecule has 0 aliphatic rings. The summed E-state index contributed by atoms with van der Waals surface area (Å²) in [4.78, 5) is 12.5. The molecule has 1 atom stereocenters. The third-order valence-corrected chi connectivity index (χ3v) is 4.42. The minimum atomic E-state index is 0.0206. The van der Waals surface area contributed by atoms with Gasteiger partial charge >= 0.3 is 0 Å². The number of hydrogen-bond acceptors (Lipinski definition) is 2. The minimum Gasteiger partial charge on any atom is -0.496 e. The monoisotopic (exact) mass is 325 g/mol. The predicted molar refractivity (Wildman–Crippen MR) is 98.5 cm³/mol.